The van der Waals surface area contributed by atoms with Crippen molar-refractivity contribution in [3.63, 3.8) is 0 Å². The minimum atomic E-state index is 0.335. The first-order valence-electron chi connectivity index (χ1n) is 9.83. The number of ether oxygens (including phenoxy) is 1. The van der Waals surface area contributed by atoms with Crippen molar-refractivity contribution in [3.8, 4) is 11.5 Å². The van der Waals surface area contributed by atoms with Gasteiger partial charge in [0.15, 0.2) is 0 Å². The fourth-order valence-electron chi connectivity index (χ4n) is 4.07. The van der Waals surface area contributed by atoms with Gasteiger partial charge in [-0.2, -0.15) is 5.10 Å². The predicted octanol–water partition coefficient (Wildman–Crippen LogP) is 3.71. The number of nitrogens with zero attached hydrogens (tertiary/aromatic N) is 3. The molecule has 0 bridgehead atoms. The van der Waals surface area contributed by atoms with Crippen molar-refractivity contribution in [2.75, 3.05) is 20.2 Å². The highest BCUT2D eigenvalue weighted by molar-refractivity contribution is 5.37. The maximum atomic E-state index is 9.44. The van der Waals surface area contributed by atoms with Crippen LogP contribution < -0.4 is 4.74 Å². The number of benzene rings is 2. The maximum absolute atomic E-state index is 9.44. The molecule has 1 unspecified atom stereocenters. The topological polar surface area (TPSA) is 50.5 Å². The summed E-state index contributed by atoms with van der Waals surface area (Å²) in [6.45, 7) is 3.92. The van der Waals surface area contributed by atoms with Crippen LogP contribution in [-0.4, -0.2) is 40.0 Å². The summed E-state index contributed by atoms with van der Waals surface area (Å²) in [5.41, 5.74) is 3.77. The number of phenols is 1. The van der Waals surface area contributed by atoms with Crippen molar-refractivity contribution in [1.29, 1.82) is 0 Å². The van der Waals surface area contributed by atoms with E-state index in [1.165, 1.54) is 17.5 Å². The maximum Gasteiger partial charge on any atom is 0.123 e. The summed E-state index contributed by atoms with van der Waals surface area (Å²) in [5, 5.41) is 13.8. The molecule has 0 saturated carbocycles. The lowest BCUT2D eigenvalue weighted by molar-refractivity contribution is 0.316. The standard InChI is InChI=1S/C23H27N3O2/c1-28-23-8-5-19(14-21(23)17-26-11-2-10-24-26)15-25-12-9-20(16-25)13-18-3-6-22(27)7-4-18/h2-8,10-11,14,20,27H,9,12-13,15-17H2,1H3. The predicted molar refractivity (Wildman–Crippen MR) is 110 cm³/mol. The van der Waals surface area contributed by atoms with E-state index in [2.05, 4.69) is 28.2 Å². The molecule has 1 atom stereocenters. The number of phenolic OH excluding ortho intramolecular Hbond substituents is 1. The molecule has 5 nitrogen and oxygen atoms in total. The first-order chi connectivity index (χ1) is 13.7. The van der Waals surface area contributed by atoms with Crippen LogP contribution in [0.15, 0.2) is 60.9 Å². The Bertz CT molecular complexity index is 891. The summed E-state index contributed by atoms with van der Waals surface area (Å²) < 4.78 is 7.46. The Morgan fingerprint density at radius 1 is 1.11 bits per heavy atom. The van der Waals surface area contributed by atoms with E-state index >= 15 is 0 Å². The molecule has 0 amide bonds. The van der Waals surface area contributed by atoms with Crippen molar-refractivity contribution < 1.29 is 9.84 Å². The van der Waals surface area contributed by atoms with Gasteiger partial charge in [-0.1, -0.05) is 18.2 Å². The lowest BCUT2D eigenvalue weighted by Gasteiger charge is -2.18. The van der Waals surface area contributed by atoms with Gasteiger partial charge in [-0.15, -0.1) is 0 Å². The molecule has 146 valence electrons. The smallest absolute Gasteiger partial charge is 0.123 e. The van der Waals surface area contributed by atoms with Gasteiger partial charge < -0.3 is 9.84 Å². The molecule has 1 N–H and O–H groups in total. The van der Waals surface area contributed by atoms with Crippen molar-refractivity contribution in [3.05, 3.63) is 77.6 Å². The summed E-state index contributed by atoms with van der Waals surface area (Å²) in [6.07, 6.45) is 6.07. The van der Waals surface area contributed by atoms with Gasteiger partial charge in [0.25, 0.3) is 0 Å². The van der Waals surface area contributed by atoms with Gasteiger partial charge in [0, 0.05) is 31.0 Å². The molecule has 1 saturated heterocycles. The third-order valence-electron chi connectivity index (χ3n) is 5.47. The normalized spacial score (nSPS) is 17.1. The fraction of sp³-hybridized carbons (Fsp3) is 0.348. The highest BCUT2D eigenvalue weighted by Crippen LogP contribution is 2.26. The lowest BCUT2D eigenvalue weighted by atomic mass is 9.99. The Balaban J connectivity index is 1.38. The van der Waals surface area contributed by atoms with E-state index < -0.39 is 0 Å². The lowest BCUT2D eigenvalue weighted by Crippen LogP contribution is -2.20. The van der Waals surface area contributed by atoms with Gasteiger partial charge in [-0.25, -0.2) is 0 Å². The quantitative estimate of drug-likeness (QED) is 0.682. The first kappa shape index (κ1) is 18.6. The third kappa shape index (κ3) is 4.54. The number of likely N-dealkylation sites (tertiary alicyclic amines) is 1. The molecule has 1 aromatic heterocycles. The molecule has 2 heterocycles. The van der Waals surface area contributed by atoms with Crippen LogP contribution in [0.5, 0.6) is 11.5 Å². The summed E-state index contributed by atoms with van der Waals surface area (Å²) >= 11 is 0. The molecule has 1 aliphatic heterocycles. The van der Waals surface area contributed by atoms with Crippen LogP contribution in [0.25, 0.3) is 0 Å². The second kappa shape index (κ2) is 8.48. The first-order valence-corrected chi connectivity index (χ1v) is 9.83. The zero-order valence-corrected chi connectivity index (χ0v) is 16.3. The molecule has 1 aliphatic rings. The van der Waals surface area contributed by atoms with Crippen molar-refractivity contribution >= 4 is 0 Å². The molecule has 5 heteroatoms. The molecular weight excluding hydrogens is 350 g/mol. The number of aromatic hydroxyl groups is 1. The Morgan fingerprint density at radius 2 is 1.93 bits per heavy atom. The fourth-order valence-corrected chi connectivity index (χ4v) is 4.07. The average Bonchev–Trinajstić information content (AvgIpc) is 3.36. The molecule has 3 aromatic rings. The summed E-state index contributed by atoms with van der Waals surface area (Å²) in [4.78, 5) is 2.53. The van der Waals surface area contributed by atoms with Crippen LogP contribution in [0.3, 0.4) is 0 Å². The van der Waals surface area contributed by atoms with Gasteiger partial charge >= 0.3 is 0 Å². The van der Waals surface area contributed by atoms with Gasteiger partial charge in [0.2, 0.25) is 0 Å². The van der Waals surface area contributed by atoms with Gasteiger partial charge in [-0.3, -0.25) is 9.58 Å². The molecule has 0 spiro atoms. The van der Waals surface area contributed by atoms with Gasteiger partial charge in [0.1, 0.15) is 11.5 Å². The number of methoxy groups -OCH3 is 1. The van der Waals surface area contributed by atoms with Gasteiger partial charge in [-0.05, 0) is 66.8 Å². The monoisotopic (exact) mass is 377 g/mol. The van der Waals surface area contributed by atoms with Crippen LogP contribution in [0.4, 0.5) is 0 Å². The number of rotatable bonds is 7. The summed E-state index contributed by atoms with van der Waals surface area (Å²) in [7, 11) is 1.72. The zero-order chi connectivity index (χ0) is 19.3. The minimum Gasteiger partial charge on any atom is -0.508 e. The highest BCUT2D eigenvalue weighted by atomic mass is 16.5. The second-order valence-corrected chi connectivity index (χ2v) is 7.61. The number of hydrogen-bond donors (Lipinski definition) is 1. The molecular formula is C23H27N3O2. The van der Waals surface area contributed by atoms with Crippen molar-refractivity contribution in [1.82, 2.24) is 14.7 Å². The molecule has 4 rings (SSSR count). The molecule has 0 aliphatic carbocycles. The van der Waals surface area contributed by atoms with Crippen molar-refractivity contribution in [2.24, 2.45) is 5.92 Å². The van der Waals surface area contributed by atoms with Crippen LogP contribution in [0.1, 0.15) is 23.1 Å². The number of hydrogen-bond acceptors (Lipinski definition) is 4. The largest absolute Gasteiger partial charge is 0.508 e. The van der Waals surface area contributed by atoms with Crippen LogP contribution >= 0.6 is 0 Å². The molecule has 0 radical (unpaired) electrons. The van der Waals surface area contributed by atoms with E-state index in [1.54, 1.807) is 25.4 Å². The van der Waals surface area contributed by atoms with E-state index in [1.807, 2.05) is 29.1 Å². The van der Waals surface area contributed by atoms with E-state index in [9.17, 15) is 5.11 Å². The van der Waals surface area contributed by atoms with Crippen LogP contribution in [0.2, 0.25) is 0 Å². The van der Waals surface area contributed by atoms with Crippen molar-refractivity contribution in [2.45, 2.75) is 25.9 Å². The molecule has 2 aromatic carbocycles. The Morgan fingerprint density at radius 3 is 2.68 bits per heavy atom. The minimum absolute atomic E-state index is 0.335. The third-order valence-corrected chi connectivity index (χ3v) is 5.47. The molecule has 1 fully saturated rings. The Kier molecular flexibility index (Phi) is 5.63. The SMILES string of the molecule is COc1ccc(CN2CCC(Cc3ccc(O)cc3)C2)cc1Cn1cccn1. The summed E-state index contributed by atoms with van der Waals surface area (Å²) in [5.74, 6) is 1.92. The van der Waals surface area contributed by atoms with E-state index in [-0.39, 0.29) is 0 Å². The Labute approximate surface area is 166 Å². The second-order valence-electron chi connectivity index (χ2n) is 7.61. The van der Waals surface area contributed by atoms with Crippen LogP contribution in [-0.2, 0) is 19.5 Å². The van der Waals surface area contributed by atoms with Crippen LogP contribution in [0, 0.1) is 5.92 Å². The zero-order valence-electron chi connectivity index (χ0n) is 16.3. The van der Waals surface area contributed by atoms with E-state index in [0.717, 1.165) is 37.4 Å². The molecule has 28 heavy (non-hydrogen) atoms. The average molecular weight is 377 g/mol. The highest BCUT2D eigenvalue weighted by Gasteiger charge is 2.23. The number of aromatic nitrogens is 2. The van der Waals surface area contributed by atoms with Gasteiger partial charge in [0.05, 0.1) is 13.7 Å². The van der Waals surface area contributed by atoms with E-state index in [4.69, 9.17) is 4.74 Å². The summed E-state index contributed by atoms with van der Waals surface area (Å²) in [6, 6.07) is 16.0. The van der Waals surface area contributed by atoms with E-state index in [0.29, 0.717) is 18.2 Å². The Hall–Kier alpha value is -2.79.